The van der Waals surface area contributed by atoms with Crippen LogP contribution in [0.4, 0.5) is 5.69 Å². The summed E-state index contributed by atoms with van der Waals surface area (Å²) in [5.74, 6) is 0.447. The topological polar surface area (TPSA) is 58.4 Å². The highest BCUT2D eigenvalue weighted by Gasteiger charge is 2.28. The predicted octanol–water partition coefficient (Wildman–Crippen LogP) is 2.68. The quantitative estimate of drug-likeness (QED) is 0.898. The molecule has 2 fully saturated rings. The summed E-state index contributed by atoms with van der Waals surface area (Å²) < 4.78 is 0. The molecule has 126 valence electrons. The summed E-state index contributed by atoms with van der Waals surface area (Å²) in [7, 11) is 0. The van der Waals surface area contributed by atoms with Crippen LogP contribution in [0.5, 0.6) is 0 Å². The first-order chi connectivity index (χ1) is 11.2. The summed E-state index contributed by atoms with van der Waals surface area (Å²) in [6.45, 7) is 1.99. The molecule has 1 heterocycles. The van der Waals surface area contributed by atoms with Crippen LogP contribution in [0.3, 0.4) is 0 Å². The monoisotopic (exact) mass is 315 g/mol. The molecule has 4 nitrogen and oxygen atoms in total. The van der Waals surface area contributed by atoms with E-state index in [1.807, 2.05) is 6.07 Å². The second-order valence-electron chi connectivity index (χ2n) is 7.03. The third-order valence-corrected chi connectivity index (χ3v) is 5.42. The molecule has 1 saturated heterocycles. The average molecular weight is 315 g/mol. The van der Waals surface area contributed by atoms with Crippen LogP contribution in [0.25, 0.3) is 0 Å². The molecule has 1 aromatic carbocycles. The Balaban J connectivity index is 1.45. The van der Waals surface area contributed by atoms with Gasteiger partial charge in [0.1, 0.15) is 0 Å². The minimum Gasteiger partial charge on any atom is -0.371 e. The third kappa shape index (κ3) is 4.25. The normalized spacial score (nSPS) is 21.9. The highest BCUT2D eigenvalue weighted by Crippen LogP contribution is 2.26. The van der Waals surface area contributed by atoms with Crippen LogP contribution in [0.2, 0.25) is 0 Å². The zero-order valence-corrected chi connectivity index (χ0v) is 13.9. The molecule has 1 aliphatic heterocycles. The summed E-state index contributed by atoms with van der Waals surface area (Å²) >= 11 is 0. The van der Waals surface area contributed by atoms with E-state index in [0.29, 0.717) is 5.92 Å². The molecule has 0 radical (unpaired) electrons. The van der Waals surface area contributed by atoms with Crippen LogP contribution in [0, 0.1) is 5.92 Å². The lowest BCUT2D eigenvalue weighted by molar-refractivity contribution is -0.124. The number of benzene rings is 1. The van der Waals surface area contributed by atoms with Gasteiger partial charge in [-0.15, -0.1) is 0 Å². The van der Waals surface area contributed by atoms with Crippen LogP contribution in [-0.4, -0.2) is 31.1 Å². The summed E-state index contributed by atoms with van der Waals surface area (Å²) in [6, 6.07) is 10.5. The number of carbonyl (C=O) groups is 1. The van der Waals surface area contributed by atoms with Gasteiger partial charge in [0.2, 0.25) is 5.91 Å². The van der Waals surface area contributed by atoms with Gasteiger partial charge in [-0.05, 0) is 43.7 Å². The summed E-state index contributed by atoms with van der Waals surface area (Å²) in [5.41, 5.74) is 7.48. The van der Waals surface area contributed by atoms with E-state index in [9.17, 15) is 4.79 Å². The third-order valence-electron chi connectivity index (χ3n) is 5.42. The molecular formula is C19H29N3O. The second kappa shape index (κ2) is 7.82. The molecule has 1 atom stereocenters. The first-order valence-corrected chi connectivity index (χ1v) is 9.10. The molecule has 0 spiro atoms. The standard InChI is InChI=1S/C19H29N3O/c20-18(15-7-3-1-4-8-15)19(23)21-16-11-13-22(14-12-16)17-9-5-2-6-10-17/h2,5-6,9-10,15-16,18H,1,3-4,7-8,11-14,20H2,(H,21,23)/t18-/m0/s1. The number of hydrogen-bond donors (Lipinski definition) is 2. The highest BCUT2D eigenvalue weighted by atomic mass is 16.2. The fourth-order valence-electron chi connectivity index (χ4n) is 3.93. The number of nitrogens with zero attached hydrogens (tertiary/aromatic N) is 1. The van der Waals surface area contributed by atoms with Gasteiger partial charge in [-0.1, -0.05) is 37.5 Å². The van der Waals surface area contributed by atoms with Gasteiger partial charge in [-0.3, -0.25) is 4.79 Å². The van der Waals surface area contributed by atoms with Crippen LogP contribution in [-0.2, 0) is 4.79 Å². The smallest absolute Gasteiger partial charge is 0.237 e. The van der Waals surface area contributed by atoms with Crippen LogP contribution >= 0.6 is 0 Å². The van der Waals surface area contributed by atoms with Crippen molar-refractivity contribution >= 4 is 11.6 Å². The number of nitrogens with two attached hydrogens (primary N) is 1. The van der Waals surface area contributed by atoms with E-state index in [4.69, 9.17) is 5.73 Å². The number of nitrogens with one attached hydrogen (secondary N) is 1. The van der Waals surface area contributed by atoms with E-state index < -0.39 is 0 Å². The highest BCUT2D eigenvalue weighted by molar-refractivity contribution is 5.82. The maximum atomic E-state index is 12.4. The molecule has 1 saturated carbocycles. The van der Waals surface area contributed by atoms with Crippen molar-refractivity contribution in [3.63, 3.8) is 0 Å². The lowest BCUT2D eigenvalue weighted by atomic mass is 9.84. The molecule has 4 heteroatoms. The van der Waals surface area contributed by atoms with Crippen molar-refractivity contribution in [2.24, 2.45) is 11.7 Å². The van der Waals surface area contributed by atoms with Gasteiger partial charge in [-0.25, -0.2) is 0 Å². The minimum absolute atomic E-state index is 0.0649. The number of amides is 1. The van der Waals surface area contributed by atoms with Crippen LogP contribution in [0.15, 0.2) is 30.3 Å². The number of hydrogen-bond acceptors (Lipinski definition) is 3. The average Bonchev–Trinajstić information content (AvgIpc) is 2.63. The maximum Gasteiger partial charge on any atom is 0.237 e. The second-order valence-corrected chi connectivity index (χ2v) is 7.03. The van der Waals surface area contributed by atoms with Crippen molar-refractivity contribution in [1.82, 2.24) is 5.32 Å². The van der Waals surface area contributed by atoms with Gasteiger partial charge in [0.15, 0.2) is 0 Å². The molecular weight excluding hydrogens is 286 g/mol. The van der Waals surface area contributed by atoms with Crippen molar-refractivity contribution in [2.45, 2.75) is 57.0 Å². The number of carbonyl (C=O) groups excluding carboxylic acids is 1. The van der Waals surface area contributed by atoms with Gasteiger partial charge < -0.3 is 16.0 Å². The molecule has 2 aliphatic rings. The Morgan fingerprint density at radius 3 is 2.35 bits per heavy atom. The van der Waals surface area contributed by atoms with Crippen LogP contribution in [0.1, 0.15) is 44.9 Å². The van der Waals surface area contributed by atoms with E-state index >= 15 is 0 Å². The molecule has 0 unspecified atom stereocenters. The van der Waals surface area contributed by atoms with E-state index in [0.717, 1.165) is 38.8 Å². The lowest BCUT2D eigenvalue weighted by Crippen LogP contribution is -2.52. The Hall–Kier alpha value is -1.55. The van der Waals surface area contributed by atoms with Gasteiger partial charge >= 0.3 is 0 Å². The Morgan fingerprint density at radius 1 is 1.04 bits per heavy atom. The Bertz CT molecular complexity index is 491. The van der Waals surface area contributed by atoms with Crippen molar-refractivity contribution in [3.8, 4) is 0 Å². The fraction of sp³-hybridized carbons (Fsp3) is 0.632. The molecule has 23 heavy (non-hydrogen) atoms. The van der Waals surface area contributed by atoms with Crippen molar-refractivity contribution in [2.75, 3.05) is 18.0 Å². The largest absolute Gasteiger partial charge is 0.371 e. The Morgan fingerprint density at radius 2 is 1.70 bits per heavy atom. The van der Waals surface area contributed by atoms with E-state index in [1.165, 1.54) is 24.9 Å². The summed E-state index contributed by atoms with van der Waals surface area (Å²) in [5, 5.41) is 3.20. The number of anilines is 1. The Kier molecular flexibility index (Phi) is 5.55. The lowest BCUT2D eigenvalue weighted by Gasteiger charge is -2.35. The molecule has 3 N–H and O–H groups in total. The zero-order valence-electron chi connectivity index (χ0n) is 13.9. The van der Waals surface area contributed by atoms with Crippen molar-refractivity contribution in [1.29, 1.82) is 0 Å². The van der Waals surface area contributed by atoms with E-state index in [-0.39, 0.29) is 18.0 Å². The van der Waals surface area contributed by atoms with Gasteiger partial charge in [0, 0.05) is 24.8 Å². The first-order valence-electron chi connectivity index (χ1n) is 9.10. The van der Waals surface area contributed by atoms with Crippen molar-refractivity contribution in [3.05, 3.63) is 30.3 Å². The number of rotatable bonds is 4. The predicted molar refractivity (Wildman–Crippen MR) is 94.4 cm³/mol. The SMILES string of the molecule is N[C@H](C(=O)NC1CCN(c2ccccc2)CC1)C1CCCCC1. The molecule has 1 amide bonds. The Labute approximate surface area is 139 Å². The summed E-state index contributed by atoms with van der Waals surface area (Å²) in [4.78, 5) is 14.8. The van der Waals surface area contributed by atoms with E-state index in [2.05, 4.69) is 34.5 Å². The maximum absolute atomic E-state index is 12.4. The zero-order chi connectivity index (χ0) is 16.1. The van der Waals surface area contributed by atoms with Gasteiger partial charge in [0.25, 0.3) is 0 Å². The number of para-hydroxylation sites is 1. The van der Waals surface area contributed by atoms with Crippen molar-refractivity contribution < 1.29 is 4.79 Å². The molecule has 1 aromatic rings. The fourth-order valence-corrected chi connectivity index (χ4v) is 3.93. The first kappa shape index (κ1) is 16.3. The minimum atomic E-state index is -0.317. The molecule has 3 rings (SSSR count). The van der Waals surface area contributed by atoms with Gasteiger partial charge in [0.05, 0.1) is 6.04 Å². The van der Waals surface area contributed by atoms with E-state index in [1.54, 1.807) is 0 Å². The number of piperidine rings is 1. The molecule has 1 aliphatic carbocycles. The van der Waals surface area contributed by atoms with Crippen LogP contribution < -0.4 is 16.0 Å². The molecule has 0 aromatic heterocycles. The summed E-state index contributed by atoms with van der Waals surface area (Å²) in [6.07, 6.45) is 7.96. The molecule has 0 bridgehead atoms. The van der Waals surface area contributed by atoms with Gasteiger partial charge in [-0.2, -0.15) is 0 Å².